The molecule has 23 aromatic rings. The molecule has 4 aromatic heterocycles. The molecule has 0 atom stereocenters. The first kappa shape index (κ1) is 69.0. The molecule has 0 saturated carbocycles. The van der Waals surface area contributed by atoms with Crippen LogP contribution in [0.15, 0.2) is 461 Å². The molecule has 4 heterocycles. The van der Waals surface area contributed by atoms with Crippen LogP contribution in [0.2, 0.25) is 0 Å². The molecule has 0 spiro atoms. The summed E-state index contributed by atoms with van der Waals surface area (Å²) in [6.45, 7) is 0. The van der Waals surface area contributed by atoms with Crippen molar-refractivity contribution in [2.75, 3.05) is 9.80 Å². The third kappa shape index (κ3) is 12.2. The molecule has 0 aliphatic heterocycles. The van der Waals surface area contributed by atoms with Crippen molar-refractivity contribution in [1.82, 2.24) is 18.3 Å². The number of hydrogen-bond acceptors (Lipinski definition) is 2. The van der Waals surface area contributed by atoms with Crippen LogP contribution in [0.5, 0.6) is 0 Å². The van der Waals surface area contributed by atoms with Crippen LogP contribution in [0.4, 0.5) is 34.1 Å². The van der Waals surface area contributed by atoms with Crippen molar-refractivity contribution < 1.29 is 0 Å². The van der Waals surface area contributed by atoms with Gasteiger partial charge in [-0.05, 0) is 262 Å². The van der Waals surface area contributed by atoms with E-state index in [1.54, 1.807) is 0 Å². The number of hydrogen-bond donors (Lipinski definition) is 0. The van der Waals surface area contributed by atoms with Gasteiger partial charge in [0.2, 0.25) is 0 Å². The summed E-state index contributed by atoms with van der Waals surface area (Å²) < 4.78 is 9.59. The van der Waals surface area contributed by atoms with Crippen molar-refractivity contribution >= 4 is 132 Å². The third-order valence-electron chi connectivity index (χ3n) is 23.6. The van der Waals surface area contributed by atoms with E-state index in [2.05, 4.69) is 489 Å². The standard InChI is InChI=1S/C58H41N3.C54H35N3/c1-5-17-48(18-6-1)59(49-19-7-2-8-20-49)52-32-25-43(26-33-52)46-30-37-57-55(40-46)56-41-47(31-38-58(56)61(57)54-36-29-42-15-13-14-16-45(42)39-54)44-27-34-53(35-28-44)60(50-21-9-3-10-22-50)51-23-11-4-12-24-51;1-4-14-40(15-5-1)55-49-22-12-10-20-43(49)45-32-36(24-28-51(45)55)38-26-30-53-47(34-38)48-35-39(27-31-54(48)57(53)42-18-8-3-9-19-42)37-25-29-52-46(33-37)44-21-11-13-23-50(44)56(52)41-16-6-2-7-17-41/h1-41H;1-35H. The molecule has 0 saturated heterocycles. The molecule has 6 heteroatoms. The summed E-state index contributed by atoms with van der Waals surface area (Å²) in [5, 5.41) is 12.4. The van der Waals surface area contributed by atoms with Gasteiger partial charge in [0.1, 0.15) is 0 Å². The van der Waals surface area contributed by atoms with Gasteiger partial charge >= 0.3 is 0 Å². The van der Waals surface area contributed by atoms with Crippen LogP contribution < -0.4 is 9.80 Å². The second kappa shape index (κ2) is 29.3. The molecule has 0 fully saturated rings. The topological polar surface area (TPSA) is 26.2 Å². The van der Waals surface area contributed by atoms with E-state index in [0.717, 1.165) is 45.5 Å². The molecule has 0 unspecified atom stereocenters. The molecule has 19 aromatic carbocycles. The van der Waals surface area contributed by atoms with E-state index in [9.17, 15) is 0 Å². The van der Waals surface area contributed by atoms with Crippen molar-refractivity contribution in [3.05, 3.63) is 461 Å². The lowest BCUT2D eigenvalue weighted by Crippen LogP contribution is -2.09. The van der Waals surface area contributed by atoms with Crippen LogP contribution in [0.1, 0.15) is 0 Å². The van der Waals surface area contributed by atoms with Gasteiger partial charge in [0.15, 0.2) is 0 Å². The van der Waals surface area contributed by atoms with Crippen LogP contribution in [0.25, 0.3) is 165 Å². The Labute approximate surface area is 684 Å². The minimum absolute atomic E-state index is 1.11. The molecule has 118 heavy (non-hydrogen) atoms. The largest absolute Gasteiger partial charge is 0.311 e. The fourth-order valence-electron chi connectivity index (χ4n) is 18.0. The zero-order chi connectivity index (χ0) is 78.0. The van der Waals surface area contributed by atoms with Crippen molar-refractivity contribution in [3.8, 4) is 67.3 Å². The third-order valence-corrected chi connectivity index (χ3v) is 23.6. The first-order valence-corrected chi connectivity index (χ1v) is 40.4. The number of anilines is 6. The number of aromatic nitrogens is 4. The van der Waals surface area contributed by atoms with Crippen LogP contribution in [-0.2, 0) is 0 Å². The van der Waals surface area contributed by atoms with E-state index < -0.39 is 0 Å². The number of fused-ring (bicyclic) bond motifs is 13. The van der Waals surface area contributed by atoms with Gasteiger partial charge < -0.3 is 28.1 Å². The number of rotatable bonds is 14. The van der Waals surface area contributed by atoms with Crippen molar-refractivity contribution in [2.45, 2.75) is 0 Å². The first-order valence-electron chi connectivity index (χ1n) is 40.4. The summed E-state index contributed by atoms with van der Waals surface area (Å²) >= 11 is 0. The summed E-state index contributed by atoms with van der Waals surface area (Å²) in [4.78, 5) is 4.61. The maximum absolute atomic E-state index is 2.42. The van der Waals surface area contributed by atoms with Gasteiger partial charge in [-0.3, -0.25) is 0 Å². The molecule has 0 amide bonds. The van der Waals surface area contributed by atoms with Crippen LogP contribution in [-0.4, -0.2) is 18.3 Å². The Morgan fingerprint density at radius 1 is 0.127 bits per heavy atom. The summed E-state index contributed by atoms with van der Waals surface area (Å²) in [7, 11) is 0. The zero-order valence-electron chi connectivity index (χ0n) is 64.6. The van der Waals surface area contributed by atoms with E-state index in [1.165, 1.54) is 154 Å². The second-order valence-corrected chi connectivity index (χ2v) is 30.4. The molecular weight excluding hydrogens is 1430 g/mol. The summed E-state index contributed by atoms with van der Waals surface area (Å²) in [6, 6.07) is 167. The molecule has 0 aliphatic rings. The van der Waals surface area contributed by atoms with E-state index in [4.69, 9.17) is 0 Å². The average molecular weight is 1510 g/mol. The van der Waals surface area contributed by atoms with Crippen LogP contribution >= 0.6 is 0 Å². The highest BCUT2D eigenvalue weighted by molar-refractivity contribution is 6.16. The van der Waals surface area contributed by atoms with E-state index >= 15 is 0 Å². The lowest BCUT2D eigenvalue weighted by atomic mass is 9.98. The molecule has 0 N–H and O–H groups in total. The zero-order valence-corrected chi connectivity index (χ0v) is 64.6. The quantitative estimate of drug-likeness (QED) is 0.108. The van der Waals surface area contributed by atoms with E-state index in [-0.39, 0.29) is 0 Å². The van der Waals surface area contributed by atoms with Gasteiger partial charge in [-0.1, -0.05) is 255 Å². The van der Waals surface area contributed by atoms with Crippen LogP contribution in [0.3, 0.4) is 0 Å². The smallest absolute Gasteiger partial charge is 0.0541 e. The number of benzene rings is 19. The molecule has 554 valence electrons. The Balaban J connectivity index is 0.000000143. The highest BCUT2D eigenvalue weighted by atomic mass is 15.1. The average Bonchev–Trinajstić information content (AvgIpc) is 1.59. The second-order valence-electron chi connectivity index (χ2n) is 30.4. The lowest BCUT2D eigenvalue weighted by Gasteiger charge is -2.25. The monoisotopic (exact) mass is 1500 g/mol. The van der Waals surface area contributed by atoms with Gasteiger partial charge in [0.25, 0.3) is 0 Å². The van der Waals surface area contributed by atoms with Gasteiger partial charge in [-0.2, -0.15) is 0 Å². The van der Waals surface area contributed by atoms with Gasteiger partial charge in [0.05, 0.1) is 44.1 Å². The van der Waals surface area contributed by atoms with Crippen LogP contribution in [0, 0.1) is 0 Å². The van der Waals surface area contributed by atoms with E-state index in [1.807, 2.05) is 0 Å². The Kier molecular flexibility index (Phi) is 17.1. The molecule has 0 aliphatic carbocycles. The predicted octanol–water partition coefficient (Wildman–Crippen LogP) is 30.5. The Morgan fingerprint density at radius 3 is 0.661 bits per heavy atom. The normalized spacial score (nSPS) is 11.6. The number of nitrogens with zero attached hydrogens (tertiary/aromatic N) is 6. The lowest BCUT2D eigenvalue weighted by molar-refractivity contribution is 1.18. The SMILES string of the molecule is c1ccc(-n2c3ccccc3c3cc(-c4ccc5c(c4)c4cc(-c6ccc7c(c6)c6ccccc6n7-c6ccccc6)ccc4n5-c4ccccc4)ccc32)cc1.c1ccc(N(c2ccccc2)c2ccc(-c3ccc4c(c3)c3cc(-c5ccc(N(c6ccccc6)c6ccccc6)cc5)ccc3n4-c3ccc4ccccc4c3)cc2)cc1. The van der Waals surface area contributed by atoms with Gasteiger partial charge in [-0.25, -0.2) is 0 Å². The fraction of sp³-hybridized carbons (Fsp3) is 0. The number of para-hydroxylation sites is 9. The van der Waals surface area contributed by atoms with Gasteiger partial charge in [0, 0.05) is 100.0 Å². The van der Waals surface area contributed by atoms with Crippen molar-refractivity contribution in [2.24, 2.45) is 0 Å². The fourth-order valence-corrected chi connectivity index (χ4v) is 18.0. The highest BCUT2D eigenvalue weighted by Crippen LogP contribution is 2.45. The Hall–Kier alpha value is -15.8. The molecule has 23 rings (SSSR count). The minimum atomic E-state index is 1.11. The Bertz CT molecular complexity index is 7210. The molecule has 0 bridgehead atoms. The maximum atomic E-state index is 2.42. The molecular formula is C112H76N6. The van der Waals surface area contributed by atoms with Crippen molar-refractivity contribution in [3.63, 3.8) is 0 Å². The summed E-state index contributed by atoms with van der Waals surface area (Å²) in [5.41, 5.74) is 30.5. The predicted molar refractivity (Wildman–Crippen MR) is 499 cm³/mol. The van der Waals surface area contributed by atoms with Crippen molar-refractivity contribution in [1.29, 1.82) is 0 Å². The Morgan fingerprint density at radius 2 is 0.347 bits per heavy atom. The summed E-state index contributed by atoms with van der Waals surface area (Å²) in [5.74, 6) is 0. The minimum Gasteiger partial charge on any atom is -0.311 e. The molecule has 6 nitrogen and oxygen atoms in total. The summed E-state index contributed by atoms with van der Waals surface area (Å²) in [6.07, 6.45) is 0. The maximum Gasteiger partial charge on any atom is 0.0541 e. The highest BCUT2D eigenvalue weighted by Gasteiger charge is 2.22. The van der Waals surface area contributed by atoms with Gasteiger partial charge in [-0.15, -0.1) is 0 Å². The first-order chi connectivity index (χ1) is 58.5. The molecule has 0 radical (unpaired) electrons. The van der Waals surface area contributed by atoms with E-state index in [0.29, 0.717) is 0 Å².